The van der Waals surface area contributed by atoms with E-state index in [0.29, 0.717) is 19.6 Å². The van der Waals surface area contributed by atoms with Gasteiger partial charge in [-0.25, -0.2) is 0 Å². The van der Waals surface area contributed by atoms with E-state index in [1.54, 1.807) is 4.90 Å². The van der Waals surface area contributed by atoms with E-state index in [2.05, 4.69) is 5.32 Å². The summed E-state index contributed by atoms with van der Waals surface area (Å²) in [6.45, 7) is 10.9. The maximum atomic E-state index is 12.9. The van der Waals surface area contributed by atoms with E-state index in [0.717, 1.165) is 6.42 Å². The molecule has 0 spiro atoms. The quantitative estimate of drug-likeness (QED) is 0.831. The summed E-state index contributed by atoms with van der Waals surface area (Å²) in [5.41, 5.74) is -1.08. The number of nitrogens with one attached hydrogen (secondary N) is 1. The second-order valence-electron chi connectivity index (χ2n) is 7.17. The minimum absolute atomic E-state index is 0.0173. The van der Waals surface area contributed by atoms with Crippen LogP contribution in [0.15, 0.2) is 0 Å². The molecule has 5 heteroatoms. The van der Waals surface area contributed by atoms with E-state index in [4.69, 9.17) is 4.74 Å². The molecule has 3 atom stereocenters. The van der Waals surface area contributed by atoms with E-state index in [9.17, 15) is 9.59 Å². The number of piperazine rings is 1. The lowest BCUT2D eigenvalue weighted by atomic mass is 9.79. The van der Waals surface area contributed by atoms with Gasteiger partial charge in [-0.3, -0.25) is 9.59 Å². The molecule has 2 aliphatic heterocycles. The Morgan fingerprint density at radius 2 is 2.05 bits per heavy atom. The van der Waals surface area contributed by atoms with E-state index < -0.39 is 11.6 Å². The first-order valence-corrected chi connectivity index (χ1v) is 7.43. The van der Waals surface area contributed by atoms with Crippen molar-refractivity contribution in [2.75, 3.05) is 13.2 Å². The lowest BCUT2D eigenvalue weighted by Crippen LogP contribution is -2.73. The largest absolute Gasteiger partial charge is 0.379 e. The number of hydrogen-bond donors (Lipinski definition) is 1. The summed E-state index contributed by atoms with van der Waals surface area (Å²) >= 11 is 0. The van der Waals surface area contributed by atoms with Crippen LogP contribution < -0.4 is 5.32 Å². The zero-order valence-electron chi connectivity index (χ0n) is 13.2. The third-order valence-corrected chi connectivity index (χ3v) is 4.46. The SMILES string of the molecule is CCC1(C)NC(=O)C(C(C)(C)C)N(C2CCOC2)C1=O. The molecule has 2 rings (SSSR count). The molecular formula is C15H26N2O3. The molecule has 0 aromatic rings. The second-order valence-corrected chi connectivity index (χ2v) is 7.17. The Kier molecular flexibility index (Phi) is 3.84. The molecular weight excluding hydrogens is 256 g/mol. The Balaban J connectivity index is 2.41. The molecule has 0 radical (unpaired) electrons. The van der Waals surface area contributed by atoms with Crippen molar-refractivity contribution in [2.24, 2.45) is 5.41 Å². The van der Waals surface area contributed by atoms with Gasteiger partial charge in [0, 0.05) is 6.61 Å². The van der Waals surface area contributed by atoms with E-state index >= 15 is 0 Å². The van der Waals surface area contributed by atoms with Gasteiger partial charge in [0.15, 0.2) is 0 Å². The highest BCUT2D eigenvalue weighted by Crippen LogP contribution is 2.34. The van der Waals surface area contributed by atoms with Gasteiger partial charge in [0.1, 0.15) is 11.6 Å². The number of hydrogen-bond acceptors (Lipinski definition) is 3. The number of carbonyl (C=O) groups excluding carboxylic acids is 2. The van der Waals surface area contributed by atoms with Gasteiger partial charge in [-0.05, 0) is 25.2 Å². The van der Waals surface area contributed by atoms with Gasteiger partial charge in [0.2, 0.25) is 11.8 Å². The summed E-state index contributed by atoms with van der Waals surface area (Å²) in [7, 11) is 0. The van der Waals surface area contributed by atoms with Crippen molar-refractivity contribution < 1.29 is 14.3 Å². The Morgan fingerprint density at radius 1 is 1.40 bits per heavy atom. The summed E-state index contributed by atoms with van der Waals surface area (Å²) in [6, 6.07) is -0.412. The van der Waals surface area contributed by atoms with Crippen molar-refractivity contribution in [1.82, 2.24) is 10.2 Å². The first-order chi connectivity index (χ1) is 9.20. The van der Waals surface area contributed by atoms with Crippen LogP contribution in [0.5, 0.6) is 0 Å². The molecule has 2 aliphatic rings. The molecule has 2 heterocycles. The first kappa shape index (κ1) is 15.3. The number of amides is 2. The highest BCUT2D eigenvalue weighted by atomic mass is 16.5. The van der Waals surface area contributed by atoms with Crippen LogP contribution in [0.4, 0.5) is 0 Å². The van der Waals surface area contributed by atoms with Gasteiger partial charge in [0.25, 0.3) is 0 Å². The second kappa shape index (κ2) is 5.02. The zero-order valence-corrected chi connectivity index (χ0v) is 13.2. The molecule has 0 aliphatic carbocycles. The zero-order chi connectivity index (χ0) is 15.1. The van der Waals surface area contributed by atoms with Crippen LogP contribution in [0.2, 0.25) is 0 Å². The van der Waals surface area contributed by atoms with Crippen molar-refractivity contribution in [3.05, 3.63) is 0 Å². The molecule has 0 aromatic heterocycles. The van der Waals surface area contributed by atoms with Crippen LogP contribution in [0.3, 0.4) is 0 Å². The Hall–Kier alpha value is -1.10. The summed E-state index contributed by atoms with van der Waals surface area (Å²) in [5.74, 6) is -0.0247. The van der Waals surface area contributed by atoms with E-state index in [1.165, 1.54) is 0 Å². The fourth-order valence-electron chi connectivity index (χ4n) is 3.09. The Labute approximate surface area is 121 Å². The van der Waals surface area contributed by atoms with Crippen LogP contribution in [-0.2, 0) is 14.3 Å². The van der Waals surface area contributed by atoms with Crippen LogP contribution >= 0.6 is 0 Å². The maximum Gasteiger partial charge on any atom is 0.249 e. The molecule has 114 valence electrons. The molecule has 0 saturated carbocycles. The Morgan fingerprint density at radius 3 is 2.50 bits per heavy atom. The molecule has 2 fully saturated rings. The molecule has 5 nitrogen and oxygen atoms in total. The topological polar surface area (TPSA) is 58.6 Å². The van der Waals surface area contributed by atoms with Crippen molar-refractivity contribution in [2.45, 2.75) is 65.1 Å². The van der Waals surface area contributed by atoms with Gasteiger partial charge in [0.05, 0.1) is 12.6 Å². The molecule has 1 N–H and O–H groups in total. The van der Waals surface area contributed by atoms with Crippen LogP contribution in [-0.4, -0.2) is 47.6 Å². The van der Waals surface area contributed by atoms with E-state index in [1.807, 2.05) is 34.6 Å². The molecule has 20 heavy (non-hydrogen) atoms. The van der Waals surface area contributed by atoms with Gasteiger partial charge >= 0.3 is 0 Å². The summed E-state index contributed by atoms with van der Waals surface area (Å²) in [5, 5.41) is 2.93. The monoisotopic (exact) mass is 282 g/mol. The smallest absolute Gasteiger partial charge is 0.249 e. The highest BCUT2D eigenvalue weighted by molar-refractivity contribution is 6.00. The van der Waals surface area contributed by atoms with Crippen molar-refractivity contribution in [1.29, 1.82) is 0 Å². The molecule has 0 bridgehead atoms. The van der Waals surface area contributed by atoms with Crippen LogP contribution in [0.25, 0.3) is 0 Å². The van der Waals surface area contributed by atoms with Gasteiger partial charge in [-0.1, -0.05) is 27.7 Å². The third-order valence-electron chi connectivity index (χ3n) is 4.46. The molecule has 2 amide bonds. The fourth-order valence-corrected chi connectivity index (χ4v) is 3.09. The normalized spacial score (nSPS) is 35.4. The highest BCUT2D eigenvalue weighted by Gasteiger charge is 2.53. The lowest BCUT2D eigenvalue weighted by Gasteiger charge is -2.50. The molecule has 2 saturated heterocycles. The predicted molar refractivity (Wildman–Crippen MR) is 76.2 cm³/mol. The molecule has 0 aromatic carbocycles. The first-order valence-electron chi connectivity index (χ1n) is 7.43. The number of carbonyl (C=O) groups is 2. The predicted octanol–water partition coefficient (Wildman–Crippen LogP) is 1.32. The Bertz CT molecular complexity index is 410. The average Bonchev–Trinajstić information content (AvgIpc) is 2.85. The van der Waals surface area contributed by atoms with Gasteiger partial charge in [-0.2, -0.15) is 0 Å². The number of rotatable bonds is 2. The molecule has 3 unspecified atom stereocenters. The van der Waals surface area contributed by atoms with Gasteiger partial charge in [-0.15, -0.1) is 0 Å². The summed E-state index contributed by atoms with van der Waals surface area (Å²) in [4.78, 5) is 27.3. The number of ether oxygens (including phenoxy) is 1. The maximum absolute atomic E-state index is 12.9. The summed E-state index contributed by atoms with van der Waals surface area (Å²) < 4.78 is 5.43. The van der Waals surface area contributed by atoms with Crippen molar-refractivity contribution >= 4 is 11.8 Å². The van der Waals surface area contributed by atoms with Crippen molar-refractivity contribution in [3.8, 4) is 0 Å². The average molecular weight is 282 g/mol. The minimum Gasteiger partial charge on any atom is -0.379 e. The fraction of sp³-hybridized carbons (Fsp3) is 0.867. The van der Waals surface area contributed by atoms with E-state index in [-0.39, 0.29) is 23.3 Å². The van der Waals surface area contributed by atoms with Gasteiger partial charge < -0.3 is 15.0 Å². The number of nitrogens with zero attached hydrogens (tertiary/aromatic N) is 1. The van der Waals surface area contributed by atoms with Crippen LogP contribution in [0, 0.1) is 5.41 Å². The standard InChI is InChI=1S/C15H26N2O3/c1-6-15(5)13(19)17(10-7-8-20-9-10)11(12(18)16-15)14(2,3)4/h10-11H,6-9H2,1-5H3,(H,16,18). The lowest BCUT2D eigenvalue weighted by molar-refractivity contribution is -0.162. The third kappa shape index (κ3) is 2.43. The minimum atomic E-state index is -0.790. The van der Waals surface area contributed by atoms with Crippen LogP contribution in [0.1, 0.15) is 47.5 Å². The summed E-state index contributed by atoms with van der Waals surface area (Å²) in [6.07, 6.45) is 1.41. The van der Waals surface area contributed by atoms with Crippen molar-refractivity contribution in [3.63, 3.8) is 0 Å².